The minimum Gasteiger partial charge on any atom is -0.497 e. The van der Waals surface area contributed by atoms with Gasteiger partial charge in [-0.1, -0.05) is 12.1 Å². The fourth-order valence-electron chi connectivity index (χ4n) is 1.53. The minimum absolute atomic E-state index is 0.405. The lowest BCUT2D eigenvalue weighted by molar-refractivity contribution is -0.139. The molecule has 0 aliphatic heterocycles. The van der Waals surface area contributed by atoms with Gasteiger partial charge in [0.25, 0.3) is 0 Å². The molecule has 0 radical (unpaired) electrons. The summed E-state index contributed by atoms with van der Waals surface area (Å²) in [4.78, 5) is 23.0. The third-order valence-corrected chi connectivity index (χ3v) is 2.34. The van der Waals surface area contributed by atoms with E-state index in [-0.39, 0.29) is 0 Å². The normalized spacial score (nSPS) is 12.4. The molecule has 0 saturated heterocycles. The molecule has 0 aliphatic carbocycles. The standard InChI is InChI=1S/C14H19NO5/c1-14(2,3)20-13(18)15-11(12(16)17)9-6-5-7-10(8-9)19-4/h5-8,11H,1-4H3,(H,15,18)(H,16,17)/t11-/m1/s1. The van der Waals surface area contributed by atoms with E-state index in [1.165, 1.54) is 7.11 Å². The molecule has 6 heteroatoms. The number of benzene rings is 1. The molecule has 0 spiro atoms. The second kappa shape index (κ2) is 6.27. The van der Waals surface area contributed by atoms with Crippen molar-refractivity contribution in [2.75, 3.05) is 7.11 Å². The summed E-state index contributed by atoms with van der Waals surface area (Å²) < 4.78 is 10.1. The summed E-state index contributed by atoms with van der Waals surface area (Å²) in [7, 11) is 1.48. The van der Waals surface area contributed by atoms with Gasteiger partial charge < -0.3 is 19.9 Å². The number of alkyl carbamates (subject to hydrolysis) is 1. The highest BCUT2D eigenvalue weighted by Gasteiger charge is 2.25. The topological polar surface area (TPSA) is 84.9 Å². The summed E-state index contributed by atoms with van der Waals surface area (Å²) in [6, 6.07) is 5.30. The van der Waals surface area contributed by atoms with Crippen LogP contribution in [0.3, 0.4) is 0 Å². The first-order valence-corrected chi connectivity index (χ1v) is 6.09. The quantitative estimate of drug-likeness (QED) is 0.884. The predicted molar refractivity (Wildman–Crippen MR) is 72.7 cm³/mol. The summed E-state index contributed by atoms with van der Waals surface area (Å²) in [5.74, 6) is -0.663. The van der Waals surface area contributed by atoms with E-state index in [0.29, 0.717) is 11.3 Å². The third kappa shape index (κ3) is 4.79. The minimum atomic E-state index is -1.19. The Morgan fingerprint density at radius 3 is 2.45 bits per heavy atom. The molecular weight excluding hydrogens is 262 g/mol. The van der Waals surface area contributed by atoms with Crippen LogP contribution in [0.1, 0.15) is 32.4 Å². The Morgan fingerprint density at radius 2 is 1.95 bits per heavy atom. The van der Waals surface area contributed by atoms with E-state index in [2.05, 4.69) is 5.32 Å². The van der Waals surface area contributed by atoms with Gasteiger partial charge in [0, 0.05) is 0 Å². The van der Waals surface area contributed by atoms with Crippen LogP contribution in [0.2, 0.25) is 0 Å². The number of carbonyl (C=O) groups is 2. The number of rotatable bonds is 4. The zero-order valence-electron chi connectivity index (χ0n) is 12.0. The first kappa shape index (κ1) is 15.8. The molecule has 1 aromatic rings. The van der Waals surface area contributed by atoms with E-state index >= 15 is 0 Å². The zero-order chi connectivity index (χ0) is 15.3. The summed E-state index contributed by atoms with van der Waals surface area (Å²) in [6.45, 7) is 5.11. The average Bonchev–Trinajstić information content (AvgIpc) is 2.33. The second-order valence-electron chi connectivity index (χ2n) is 5.19. The lowest BCUT2D eigenvalue weighted by atomic mass is 10.1. The van der Waals surface area contributed by atoms with Crippen LogP contribution in [0, 0.1) is 0 Å². The van der Waals surface area contributed by atoms with Crippen LogP contribution in [-0.4, -0.2) is 29.9 Å². The van der Waals surface area contributed by atoms with Gasteiger partial charge in [-0.25, -0.2) is 9.59 Å². The van der Waals surface area contributed by atoms with E-state index < -0.39 is 23.7 Å². The van der Waals surface area contributed by atoms with Gasteiger partial charge in [-0.2, -0.15) is 0 Å². The molecule has 6 nitrogen and oxygen atoms in total. The molecule has 1 amide bonds. The van der Waals surface area contributed by atoms with Crippen LogP contribution in [-0.2, 0) is 9.53 Å². The van der Waals surface area contributed by atoms with Gasteiger partial charge in [0.1, 0.15) is 11.4 Å². The molecule has 1 rings (SSSR count). The van der Waals surface area contributed by atoms with Crippen LogP contribution in [0.4, 0.5) is 4.79 Å². The SMILES string of the molecule is COc1cccc([C@@H](NC(=O)OC(C)(C)C)C(=O)O)c1. The van der Waals surface area contributed by atoms with Crippen LogP contribution in [0.25, 0.3) is 0 Å². The Bertz CT molecular complexity index is 493. The predicted octanol–water partition coefficient (Wildman–Crippen LogP) is 2.35. The molecule has 1 atom stereocenters. The van der Waals surface area contributed by atoms with Gasteiger partial charge in [-0.15, -0.1) is 0 Å². The molecule has 20 heavy (non-hydrogen) atoms. The Morgan fingerprint density at radius 1 is 1.30 bits per heavy atom. The Labute approximate surface area is 117 Å². The Balaban J connectivity index is 2.89. The summed E-state index contributed by atoms with van der Waals surface area (Å²) in [5.41, 5.74) is -0.288. The maximum Gasteiger partial charge on any atom is 0.408 e. The van der Waals surface area contributed by atoms with Crippen LogP contribution in [0.15, 0.2) is 24.3 Å². The second-order valence-corrected chi connectivity index (χ2v) is 5.19. The first-order chi connectivity index (χ1) is 9.23. The van der Waals surface area contributed by atoms with Gasteiger partial charge in [-0.05, 0) is 38.5 Å². The van der Waals surface area contributed by atoms with Crippen molar-refractivity contribution in [1.82, 2.24) is 5.32 Å². The largest absolute Gasteiger partial charge is 0.497 e. The maximum atomic E-state index is 11.7. The van der Waals surface area contributed by atoms with E-state index in [9.17, 15) is 14.7 Å². The molecule has 0 saturated carbocycles. The van der Waals surface area contributed by atoms with Gasteiger partial charge >= 0.3 is 12.1 Å². The number of methoxy groups -OCH3 is 1. The highest BCUT2D eigenvalue weighted by molar-refractivity contribution is 5.81. The molecule has 0 aromatic heterocycles. The summed E-state index contributed by atoms with van der Waals surface area (Å²) in [6.07, 6.45) is -0.785. The Hall–Kier alpha value is -2.24. The zero-order valence-corrected chi connectivity index (χ0v) is 12.0. The van der Waals surface area contributed by atoms with Crippen molar-refractivity contribution in [3.63, 3.8) is 0 Å². The molecular formula is C14H19NO5. The number of hydrogen-bond donors (Lipinski definition) is 2. The van der Waals surface area contributed by atoms with Crippen LogP contribution in [0.5, 0.6) is 5.75 Å². The number of carboxylic acid groups (broad SMARTS) is 1. The van der Waals surface area contributed by atoms with Gasteiger partial charge in [0.15, 0.2) is 6.04 Å². The van der Waals surface area contributed by atoms with Crippen molar-refractivity contribution in [3.8, 4) is 5.75 Å². The fourth-order valence-corrected chi connectivity index (χ4v) is 1.53. The summed E-state index contributed by atoms with van der Waals surface area (Å²) in [5, 5.41) is 11.6. The van der Waals surface area contributed by atoms with Crippen molar-refractivity contribution in [1.29, 1.82) is 0 Å². The summed E-state index contributed by atoms with van der Waals surface area (Å²) >= 11 is 0. The molecule has 0 unspecified atom stereocenters. The molecule has 0 aliphatic rings. The first-order valence-electron chi connectivity index (χ1n) is 6.09. The molecule has 2 N–H and O–H groups in total. The molecule has 0 heterocycles. The van der Waals surface area contributed by atoms with Gasteiger partial charge in [-0.3, -0.25) is 0 Å². The van der Waals surface area contributed by atoms with E-state index in [4.69, 9.17) is 9.47 Å². The van der Waals surface area contributed by atoms with E-state index in [1.807, 2.05) is 0 Å². The van der Waals surface area contributed by atoms with Crippen molar-refractivity contribution < 1.29 is 24.2 Å². The van der Waals surface area contributed by atoms with Crippen LogP contribution < -0.4 is 10.1 Å². The highest BCUT2D eigenvalue weighted by Crippen LogP contribution is 2.20. The van der Waals surface area contributed by atoms with Crippen LogP contribution >= 0.6 is 0 Å². The highest BCUT2D eigenvalue weighted by atomic mass is 16.6. The number of nitrogens with one attached hydrogen (secondary N) is 1. The van der Waals surface area contributed by atoms with Gasteiger partial charge in [0.05, 0.1) is 7.11 Å². The van der Waals surface area contributed by atoms with Crippen molar-refractivity contribution in [2.45, 2.75) is 32.4 Å². The average molecular weight is 281 g/mol. The number of ether oxygens (including phenoxy) is 2. The lowest BCUT2D eigenvalue weighted by Crippen LogP contribution is -2.38. The molecule has 0 bridgehead atoms. The van der Waals surface area contributed by atoms with Crippen molar-refractivity contribution >= 4 is 12.1 Å². The molecule has 1 aromatic carbocycles. The van der Waals surface area contributed by atoms with E-state index in [1.54, 1.807) is 45.0 Å². The van der Waals surface area contributed by atoms with Crippen molar-refractivity contribution in [2.24, 2.45) is 0 Å². The molecule has 0 fully saturated rings. The lowest BCUT2D eigenvalue weighted by Gasteiger charge is -2.22. The van der Waals surface area contributed by atoms with Gasteiger partial charge in [0.2, 0.25) is 0 Å². The number of aliphatic carboxylic acids is 1. The maximum absolute atomic E-state index is 11.7. The Kier molecular flexibility index (Phi) is 4.96. The molecule has 110 valence electrons. The number of hydrogen-bond acceptors (Lipinski definition) is 4. The van der Waals surface area contributed by atoms with Crippen molar-refractivity contribution in [3.05, 3.63) is 29.8 Å². The number of carboxylic acids is 1. The smallest absolute Gasteiger partial charge is 0.408 e. The number of carbonyl (C=O) groups excluding carboxylic acids is 1. The fraction of sp³-hybridized carbons (Fsp3) is 0.429. The van der Waals surface area contributed by atoms with E-state index in [0.717, 1.165) is 0 Å². The third-order valence-electron chi connectivity index (χ3n) is 2.34. The number of amides is 1. The monoisotopic (exact) mass is 281 g/mol.